The standard InChI is InChI=1S/C43H39ClN4O7S/c1-21-28-18-24(44)8-14-34(28)56-38(21)31-20-35(46(3)45-31)48-40(52)30-19-29-26(37(43(30,2)42(48)54)23-7-13-33(55-4)32(50)17-23)11-12-27-36(29)41(53)47(39(27)51)16-15-22-5-9-25(49)10-6-22/h5-11,13-14,17-18,20,27,29-30,36-37,49-50H,12,15-16,19H2,1-4H3/t27-,29+,30-,36-,37-,43+/m0/s1. The molecule has 9 rings (SSSR count). The highest BCUT2D eigenvalue weighted by molar-refractivity contribution is 7.22. The Bertz CT molecular complexity index is 2540. The van der Waals surface area contributed by atoms with Crippen molar-refractivity contribution in [3.05, 3.63) is 100 Å². The number of nitrogens with zero attached hydrogens (tertiary/aromatic N) is 4. The number of hydrogen-bond donors (Lipinski definition) is 2. The Labute approximate surface area is 331 Å². The number of carbonyl (C=O) groups is 4. The van der Waals surface area contributed by atoms with E-state index in [0.29, 0.717) is 34.9 Å². The molecule has 6 atom stereocenters. The van der Waals surface area contributed by atoms with Crippen molar-refractivity contribution in [2.75, 3.05) is 18.6 Å². The molecule has 13 heteroatoms. The van der Waals surface area contributed by atoms with Crippen LogP contribution in [0.3, 0.4) is 0 Å². The number of phenols is 2. The van der Waals surface area contributed by atoms with Crippen molar-refractivity contribution in [2.24, 2.45) is 36.1 Å². The summed E-state index contributed by atoms with van der Waals surface area (Å²) in [5, 5.41) is 27.2. The van der Waals surface area contributed by atoms with Crippen molar-refractivity contribution >= 4 is 62.5 Å². The van der Waals surface area contributed by atoms with E-state index in [4.69, 9.17) is 21.4 Å². The summed E-state index contributed by atoms with van der Waals surface area (Å²) in [5.74, 6) is -4.01. The minimum atomic E-state index is -1.30. The van der Waals surface area contributed by atoms with Gasteiger partial charge in [0.1, 0.15) is 17.3 Å². The van der Waals surface area contributed by atoms with Gasteiger partial charge in [0.2, 0.25) is 23.6 Å². The van der Waals surface area contributed by atoms with Gasteiger partial charge in [0.05, 0.1) is 35.2 Å². The first-order chi connectivity index (χ1) is 26.8. The molecule has 2 saturated heterocycles. The highest BCUT2D eigenvalue weighted by atomic mass is 35.5. The number of aromatic hydroxyl groups is 2. The van der Waals surface area contributed by atoms with Gasteiger partial charge >= 0.3 is 0 Å². The van der Waals surface area contributed by atoms with Crippen LogP contribution in [0.2, 0.25) is 5.02 Å². The fourth-order valence-electron chi connectivity index (χ4n) is 9.90. The third kappa shape index (κ3) is 5.25. The number of ether oxygens (including phenoxy) is 1. The van der Waals surface area contributed by atoms with Crippen molar-refractivity contribution in [3.8, 4) is 27.8 Å². The summed E-state index contributed by atoms with van der Waals surface area (Å²) in [7, 11) is 3.17. The topological polar surface area (TPSA) is 142 Å². The van der Waals surface area contributed by atoms with E-state index in [1.165, 1.54) is 16.9 Å². The SMILES string of the molecule is COc1ccc([C@H]2C3=CC[C@@H]4C(=O)N(CCc5ccc(O)cc5)C(=O)[C@@H]4[C@@H]3C[C@H]3C(=O)N(c4cc(-c5sc6ccc(Cl)cc6c5C)nn4C)C(=O)[C@@]23C)cc1O. The Balaban J connectivity index is 1.11. The van der Waals surface area contributed by atoms with E-state index in [0.717, 1.165) is 31.7 Å². The normalized spacial score (nSPS) is 25.8. The number of methoxy groups -OCH3 is 1. The number of hydrogen-bond acceptors (Lipinski definition) is 9. The van der Waals surface area contributed by atoms with Gasteiger partial charge in [-0.2, -0.15) is 5.10 Å². The highest BCUT2D eigenvalue weighted by Gasteiger charge is 2.68. The summed E-state index contributed by atoms with van der Waals surface area (Å²) in [4.78, 5) is 61.8. The van der Waals surface area contributed by atoms with Crippen LogP contribution >= 0.6 is 22.9 Å². The molecule has 3 aromatic carbocycles. The van der Waals surface area contributed by atoms with Gasteiger partial charge in [-0.1, -0.05) is 41.4 Å². The molecule has 0 bridgehead atoms. The molecule has 11 nitrogen and oxygen atoms in total. The van der Waals surface area contributed by atoms with Crippen molar-refractivity contribution < 1.29 is 34.1 Å². The number of likely N-dealkylation sites (tertiary alicyclic amines) is 1. The van der Waals surface area contributed by atoms with Crippen molar-refractivity contribution in [2.45, 2.75) is 39.0 Å². The third-order valence-electron chi connectivity index (χ3n) is 12.7. The number of halogens is 1. The lowest BCUT2D eigenvalue weighted by Crippen LogP contribution is -2.49. The molecular formula is C43H39ClN4O7S. The van der Waals surface area contributed by atoms with Crippen LogP contribution in [0, 0.1) is 36.0 Å². The minimum Gasteiger partial charge on any atom is -0.508 e. The van der Waals surface area contributed by atoms with Crippen LogP contribution in [-0.4, -0.2) is 62.2 Å². The van der Waals surface area contributed by atoms with Crippen LogP contribution in [-0.2, 0) is 32.6 Å². The van der Waals surface area contributed by atoms with E-state index in [2.05, 4.69) is 0 Å². The average molecular weight is 791 g/mol. The van der Waals surface area contributed by atoms with Gasteiger partial charge in [-0.3, -0.25) is 28.8 Å². The Morgan fingerprint density at radius 2 is 1.73 bits per heavy atom. The summed E-state index contributed by atoms with van der Waals surface area (Å²) in [6.45, 7) is 4.01. The van der Waals surface area contributed by atoms with Gasteiger partial charge in [0.25, 0.3) is 0 Å². The quantitative estimate of drug-likeness (QED) is 0.131. The number of fused-ring (bicyclic) bond motifs is 5. The van der Waals surface area contributed by atoms with Crippen LogP contribution in [0.4, 0.5) is 5.82 Å². The number of allylic oxidation sites excluding steroid dienone is 2. The van der Waals surface area contributed by atoms with E-state index < -0.39 is 46.8 Å². The molecule has 2 N–H and O–H groups in total. The van der Waals surface area contributed by atoms with E-state index in [-0.39, 0.29) is 42.0 Å². The molecule has 2 aliphatic carbocycles. The molecule has 0 spiro atoms. The lowest BCUT2D eigenvalue weighted by molar-refractivity contribution is -0.140. The summed E-state index contributed by atoms with van der Waals surface area (Å²) in [5.41, 5.74) is 2.63. The van der Waals surface area contributed by atoms with Crippen LogP contribution in [0.5, 0.6) is 17.2 Å². The van der Waals surface area contributed by atoms with Gasteiger partial charge < -0.3 is 14.9 Å². The Morgan fingerprint density at radius 1 is 0.964 bits per heavy atom. The predicted octanol–water partition coefficient (Wildman–Crippen LogP) is 7.16. The maximum atomic E-state index is 15.1. The number of anilines is 1. The number of thiophene rings is 1. The van der Waals surface area contributed by atoms with Gasteiger partial charge in [-0.25, -0.2) is 4.90 Å². The van der Waals surface area contributed by atoms with Crippen LogP contribution in [0.25, 0.3) is 20.7 Å². The Hall–Kier alpha value is -5.46. The first-order valence-electron chi connectivity index (χ1n) is 18.6. The summed E-state index contributed by atoms with van der Waals surface area (Å²) in [6.07, 6.45) is 2.94. The number of amides is 4. The maximum absolute atomic E-state index is 15.1. The lowest BCUT2D eigenvalue weighted by atomic mass is 9.51. The molecule has 4 heterocycles. The lowest BCUT2D eigenvalue weighted by Gasteiger charge is -2.49. The second kappa shape index (κ2) is 13.1. The first-order valence-corrected chi connectivity index (χ1v) is 19.8. The molecule has 2 aliphatic heterocycles. The van der Waals surface area contributed by atoms with Gasteiger partial charge in [0, 0.05) is 35.3 Å². The number of aryl methyl sites for hydroxylation is 2. The first kappa shape index (κ1) is 36.2. The number of phenolic OH excluding ortho intramolecular Hbond substituents is 2. The molecule has 4 amide bonds. The van der Waals surface area contributed by atoms with Gasteiger partial charge in [0.15, 0.2) is 11.5 Å². The molecule has 56 heavy (non-hydrogen) atoms. The zero-order valence-electron chi connectivity index (χ0n) is 31.2. The summed E-state index contributed by atoms with van der Waals surface area (Å²) in [6, 6.07) is 19.2. The van der Waals surface area contributed by atoms with E-state index in [9.17, 15) is 24.6 Å². The van der Waals surface area contributed by atoms with Crippen molar-refractivity contribution in [1.82, 2.24) is 14.7 Å². The molecule has 3 fully saturated rings. The molecule has 286 valence electrons. The summed E-state index contributed by atoms with van der Waals surface area (Å²) < 4.78 is 7.95. The monoisotopic (exact) mass is 790 g/mol. The van der Waals surface area contributed by atoms with Gasteiger partial charge in [-0.05, 0) is 104 Å². The third-order valence-corrected chi connectivity index (χ3v) is 14.2. The molecule has 0 unspecified atom stereocenters. The number of carbonyl (C=O) groups excluding carboxylic acids is 4. The average Bonchev–Trinajstić information content (AvgIpc) is 3.84. The zero-order valence-corrected chi connectivity index (χ0v) is 32.7. The maximum Gasteiger partial charge on any atom is 0.242 e. The number of imide groups is 2. The smallest absolute Gasteiger partial charge is 0.242 e. The molecule has 5 aromatic rings. The van der Waals surface area contributed by atoms with Crippen LogP contribution < -0.4 is 9.64 Å². The Kier molecular flexibility index (Phi) is 8.44. The fraction of sp³-hybridized carbons (Fsp3) is 0.326. The number of benzene rings is 3. The largest absolute Gasteiger partial charge is 0.508 e. The van der Waals surface area contributed by atoms with Crippen molar-refractivity contribution in [3.63, 3.8) is 0 Å². The second-order valence-corrected chi connectivity index (χ2v) is 17.0. The second-order valence-electron chi connectivity index (χ2n) is 15.5. The number of rotatable bonds is 7. The molecular weight excluding hydrogens is 752 g/mol. The van der Waals surface area contributed by atoms with Crippen LogP contribution in [0.1, 0.15) is 42.4 Å². The molecule has 4 aliphatic rings. The minimum absolute atomic E-state index is 0.112. The molecule has 1 saturated carbocycles. The van der Waals surface area contributed by atoms with E-state index in [1.54, 1.807) is 71.6 Å². The highest BCUT2D eigenvalue weighted by Crippen LogP contribution is 2.64. The van der Waals surface area contributed by atoms with E-state index >= 15 is 4.79 Å². The Morgan fingerprint density at radius 3 is 2.46 bits per heavy atom. The number of aromatic nitrogens is 2. The molecule has 0 radical (unpaired) electrons. The van der Waals surface area contributed by atoms with E-state index in [1.807, 2.05) is 38.1 Å². The zero-order chi connectivity index (χ0) is 39.4. The summed E-state index contributed by atoms with van der Waals surface area (Å²) >= 11 is 7.88. The fourth-order valence-corrected chi connectivity index (χ4v) is 11.2. The van der Waals surface area contributed by atoms with Crippen molar-refractivity contribution in [1.29, 1.82) is 0 Å². The van der Waals surface area contributed by atoms with Crippen LogP contribution in [0.15, 0.2) is 78.4 Å². The molecule has 2 aromatic heterocycles. The van der Waals surface area contributed by atoms with Gasteiger partial charge in [-0.15, -0.1) is 11.3 Å². The predicted molar refractivity (Wildman–Crippen MR) is 212 cm³/mol.